The minimum atomic E-state index is -0.622. The molecule has 7 nitrogen and oxygen atoms in total. The lowest BCUT2D eigenvalue weighted by Gasteiger charge is -2.07. The number of hydrogen-bond donors (Lipinski definition) is 1. The highest BCUT2D eigenvalue weighted by atomic mass is 16.5. The molecule has 0 radical (unpaired) electrons. The van der Waals surface area contributed by atoms with E-state index in [1.165, 1.54) is 13.8 Å². The van der Waals surface area contributed by atoms with Crippen molar-refractivity contribution in [3.05, 3.63) is 76.6 Å². The van der Waals surface area contributed by atoms with Crippen molar-refractivity contribution in [3.8, 4) is 16.9 Å². The first kappa shape index (κ1) is 22.7. The first-order chi connectivity index (χ1) is 15.2. The van der Waals surface area contributed by atoms with Crippen LogP contribution in [0.1, 0.15) is 56.3 Å². The molecule has 0 bridgehead atoms. The summed E-state index contributed by atoms with van der Waals surface area (Å²) < 4.78 is 10.2. The summed E-state index contributed by atoms with van der Waals surface area (Å²) in [5, 5.41) is 0. The Hall–Kier alpha value is -4.00. The molecule has 3 aromatic rings. The molecule has 164 valence electrons. The third kappa shape index (κ3) is 5.00. The first-order valence-electron chi connectivity index (χ1n) is 9.96. The van der Waals surface area contributed by atoms with Crippen molar-refractivity contribution in [2.24, 2.45) is 0 Å². The number of ether oxygens (including phenoxy) is 2. The zero-order valence-electron chi connectivity index (χ0n) is 18.3. The van der Waals surface area contributed by atoms with Crippen molar-refractivity contribution in [1.82, 2.24) is 4.98 Å². The predicted molar refractivity (Wildman–Crippen MR) is 118 cm³/mol. The molecular formula is C25H23NO6. The third-order valence-electron chi connectivity index (χ3n) is 4.97. The number of carbonyl (C=O) groups is 4. The van der Waals surface area contributed by atoms with Gasteiger partial charge in [0.1, 0.15) is 5.75 Å². The molecule has 0 fully saturated rings. The Morgan fingerprint density at radius 3 is 1.91 bits per heavy atom. The number of aryl methyl sites for hydroxylation is 1. The van der Waals surface area contributed by atoms with Gasteiger partial charge in [-0.05, 0) is 61.7 Å². The van der Waals surface area contributed by atoms with Crippen LogP contribution in [0.4, 0.5) is 0 Å². The number of benzene rings is 2. The molecule has 1 aromatic heterocycles. The molecule has 1 heterocycles. The highest BCUT2D eigenvalue weighted by molar-refractivity contribution is 6.04. The van der Waals surface area contributed by atoms with Gasteiger partial charge in [-0.2, -0.15) is 0 Å². The van der Waals surface area contributed by atoms with E-state index in [0.29, 0.717) is 28.1 Å². The van der Waals surface area contributed by atoms with Crippen LogP contribution in [0, 0.1) is 13.8 Å². The average molecular weight is 433 g/mol. The summed E-state index contributed by atoms with van der Waals surface area (Å²) in [5.41, 5.74) is 3.98. The van der Waals surface area contributed by atoms with Crippen LogP contribution < -0.4 is 4.74 Å². The van der Waals surface area contributed by atoms with Gasteiger partial charge in [0.25, 0.3) is 0 Å². The van der Waals surface area contributed by atoms with Gasteiger partial charge < -0.3 is 14.5 Å². The van der Waals surface area contributed by atoms with Gasteiger partial charge in [-0.3, -0.25) is 14.4 Å². The van der Waals surface area contributed by atoms with Crippen LogP contribution in [0.2, 0.25) is 0 Å². The van der Waals surface area contributed by atoms with E-state index in [-0.39, 0.29) is 17.4 Å². The van der Waals surface area contributed by atoms with Crippen molar-refractivity contribution in [2.45, 2.75) is 27.7 Å². The monoisotopic (exact) mass is 433 g/mol. The Labute approximate surface area is 185 Å². The lowest BCUT2D eigenvalue weighted by molar-refractivity contribution is -0.131. The number of ketones is 2. The van der Waals surface area contributed by atoms with Gasteiger partial charge in [0, 0.05) is 18.2 Å². The topological polar surface area (TPSA) is 103 Å². The summed E-state index contributed by atoms with van der Waals surface area (Å²) >= 11 is 0. The van der Waals surface area contributed by atoms with Gasteiger partial charge in [-0.1, -0.05) is 24.3 Å². The second kappa shape index (κ2) is 9.43. The molecule has 0 saturated carbocycles. The van der Waals surface area contributed by atoms with Crippen LogP contribution >= 0.6 is 0 Å². The van der Waals surface area contributed by atoms with E-state index in [2.05, 4.69) is 4.98 Å². The zero-order chi connectivity index (χ0) is 23.4. The van der Waals surface area contributed by atoms with Crippen molar-refractivity contribution in [3.63, 3.8) is 0 Å². The maximum atomic E-state index is 12.5. The predicted octanol–water partition coefficient (Wildman–Crippen LogP) is 4.47. The largest absolute Gasteiger partial charge is 0.454 e. The number of esters is 2. The quantitative estimate of drug-likeness (QED) is 0.335. The average Bonchev–Trinajstić information content (AvgIpc) is 3.06. The number of nitrogens with one attached hydrogen (secondary N) is 1. The summed E-state index contributed by atoms with van der Waals surface area (Å²) in [6, 6.07) is 13.7. The van der Waals surface area contributed by atoms with Crippen LogP contribution in [-0.4, -0.2) is 35.1 Å². The number of Topliss-reactive ketones (excluding diaryl/α,β-unsaturated/α-hetero) is 2. The number of aromatic nitrogens is 1. The van der Waals surface area contributed by atoms with Gasteiger partial charge in [0.15, 0.2) is 12.4 Å². The van der Waals surface area contributed by atoms with Crippen molar-refractivity contribution in [1.29, 1.82) is 0 Å². The van der Waals surface area contributed by atoms with Crippen LogP contribution in [-0.2, 0) is 9.53 Å². The number of hydrogen-bond acceptors (Lipinski definition) is 6. The fraction of sp³-hybridized carbons (Fsp3) is 0.200. The molecule has 0 atom stereocenters. The first-order valence-corrected chi connectivity index (χ1v) is 9.96. The van der Waals surface area contributed by atoms with Gasteiger partial charge in [0.2, 0.25) is 5.78 Å². The van der Waals surface area contributed by atoms with E-state index in [9.17, 15) is 19.2 Å². The smallest absolute Gasteiger partial charge is 0.338 e. The fourth-order valence-corrected chi connectivity index (χ4v) is 3.52. The molecular weight excluding hydrogens is 410 g/mol. The standard InChI is InChI=1S/C25H23NO6/c1-14-23(16(3)27)15(2)26-24(14)22(29)13-31-25(30)20-7-5-18(6-8-20)19-9-11-21(12-10-19)32-17(4)28/h5-12,26H,13H2,1-4H3. The van der Waals surface area contributed by atoms with Crippen LogP contribution in [0.25, 0.3) is 11.1 Å². The van der Waals surface area contributed by atoms with E-state index in [0.717, 1.165) is 11.1 Å². The Morgan fingerprint density at radius 2 is 1.41 bits per heavy atom. The summed E-state index contributed by atoms with van der Waals surface area (Å²) in [6.07, 6.45) is 0. The Balaban J connectivity index is 1.64. The molecule has 0 saturated heterocycles. The van der Waals surface area contributed by atoms with E-state index in [1.807, 2.05) is 0 Å². The molecule has 0 aliphatic rings. The molecule has 7 heteroatoms. The molecule has 0 amide bonds. The lowest BCUT2D eigenvalue weighted by Crippen LogP contribution is -2.15. The summed E-state index contributed by atoms with van der Waals surface area (Å²) in [6.45, 7) is 5.75. The summed E-state index contributed by atoms with van der Waals surface area (Å²) in [5.74, 6) is -1.10. The lowest BCUT2D eigenvalue weighted by atomic mass is 10.0. The molecule has 0 aliphatic carbocycles. The highest BCUT2D eigenvalue weighted by Crippen LogP contribution is 2.23. The summed E-state index contributed by atoms with van der Waals surface area (Å²) in [4.78, 5) is 50.5. The number of aromatic amines is 1. The fourth-order valence-electron chi connectivity index (χ4n) is 3.52. The highest BCUT2D eigenvalue weighted by Gasteiger charge is 2.21. The zero-order valence-corrected chi connectivity index (χ0v) is 18.3. The van der Waals surface area contributed by atoms with Crippen LogP contribution in [0.15, 0.2) is 48.5 Å². The SMILES string of the molecule is CC(=O)Oc1ccc(-c2ccc(C(=O)OCC(=O)c3[nH]c(C)c(C(C)=O)c3C)cc2)cc1. The van der Waals surface area contributed by atoms with E-state index in [4.69, 9.17) is 9.47 Å². The van der Waals surface area contributed by atoms with E-state index in [1.54, 1.807) is 62.4 Å². The summed E-state index contributed by atoms with van der Waals surface area (Å²) in [7, 11) is 0. The molecule has 32 heavy (non-hydrogen) atoms. The molecule has 3 rings (SSSR count). The number of carbonyl (C=O) groups excluding carboxylic acids is 4. The van der Waals surface area contributed by atoms with Crippen molar-refractivity contribution >= 4 is 23.5 Å². The molecule has 0 aliphatic heterocycles. The van der Waals surface area contributed by atoms with Gasteiger partial charge in [-0.25, -0.2) is 4.79 Å². The van der Waals surface area contributed by atoms with E-state index >= 15 is 0 Å². The number of rotatable bonds is 7. The molecule has 0 spiro atoms. The maximum Gasteiger partial charge on any atom is 0.338 e. The second-order valence-electron chi connectivity index (χ2n) is 7.38. The Kier molecular flexibility index (Phi) is 6.68. The minimum Gasteiger partial charge on any atom is -0.454 e. The van der Waals surface area contributed by atoms with Crippen LogP contribution in [0.3, 0.4) is 0 Å². The van der Waals surface area contributed by atoms with Crippen LogP contribution in [0.5, 0.6) is 5.75 Å². The molecule has 1 N–H and O–H groups in total. The normalized spacial score (nSPS) is 10.5. The Morgan fingerprint density at radius 1 is 0.844 bits per heavy atom. The second-order valence-corrected chi connectivity index (χ2v) is 7.38. The molecule has 2 aromatic carbocycles. The minimum absolute atomic E-state index is 0.131. The van der Waals surface area contributed by atoms with Gasteiger partial charge in [-0.15, -0.1) is 0 Å². The third-order valence-corrected chi connectivity index (χ3v) is 4.97. The molecule has 0 unspecified atom stereocenters. The van der Waals surface area contributed by atoms with Crippen molar-refractivity contribution in [2.75, 3.05) is 6.61 Å². The van der Waals surface area contributed by atoms with Gasteiger partial charge >= 0.3 is 11.9 Å². The van der Waals surface area contributed by atoms with Gasteiger partial charge in [0.05, 0.1) is 11.3 Å². The van der Waals surface area contributed by atoms with Crippen molar-refractivity contribution < 1.29 is 28.7 Å². The maximum absolute atomic E-state index is 12.5. The van der Waals surface area contributed by atoms with E-state index < -0.39 is 18.4 Å². The Bertz CT molecular complexity index is 1190. The number of H-pyrrole nitrogens is 1.